The van der Waals surface area contributed by atoms with Gasteiger partial charge in [-0.3, -0.25) is 0 Å². The van der Waals surface area contributed by atoms with Gasteiger partial charge in [-0.25, -0.2) is 4.98 Å². The second kappa shape index (κ2) is 6.38. The lowest BCUT2D eigenvalue weighted by atomic mass is 10.2. The van der Waals surface area contributed by atoms with Crippen LogP contribution in [0.2, 0.25) is 5.02 Å². The van der Waals surface area contributed by atoms with Gasteiger partial charge in [0.2, 0.25) is 0 Å². The molecule has 3 rings (SSSR count). The average Bonchev–Trinajstić information content (AvgIpc) is 2.94. The third kappa shape index (κ3) is 3.08. The Balaban J connectivity index is 1.89. The van der Waals surface area contributed by atoms with E-state index in [1.807, 2.05) is 48.6 Å². The normalized spacial score (nSPS) is 11.2. The fourth-order valence-electron chi connectivity index (χ4n) is 2.11. The number of benzene rings is 2. The second-order valence-corrected chi connectivity index (χ2v) is 6.11. The van der Waals surface area contributed by atoms with Crippen LogP contribution >= 0.6 is 22.9 Å². The molecule has 1 heterocycles. The average molecular weight is 332 g/mol. The van der Waals surface area contributed by atoms with Crippen molar-refractivity contribution in [3.63, 3.8) is 0 Å². The summed E-state index contributed by atoms with van der Waals surface area (Å²) in [5.41, 5.74) is 1.94. The van der Waals surface area contributed by atoms with E-state index in [2.05, 4.69) is 4.98 Å². The molecule has 22 heavy (non-hydrogen) atoms. The van der Waals surface area contributed by atoms with E-state index in [1.54, 1.807) is 25.6 Å². The van der Waals surface area contributed by atoms with Crippen molar-refractivity contribution in [1.29, 1.82) is 0 Å². The molecule has 0 saturated carbocycles. The summed E-state index contributed by atoms with van der Waals surface area (Å²) in [6, 6.07) is 11.5. The van der Waals surface area contributed by atoms with Crippen molar-refractivity contribution in [2.24, 2.45) is 0 Å². The highest BCUT2D eigenvalue weighted by Gasteiger charge is 2.04. The Morgan fingerprint density at radius 3 is 2.59 bits per heavy atom. The molecule has 0 aliphatic carbocycles. The first-order chi connectivity index (χ1) is 10.7. The summed E-state index contributed by atoms with van der Waals surface area (Å²) in [5, 5.41) is 1.64. The van der Waals surface area contributed by atoms with Gasteiger partial charge in [0.1, 0.15) is 5.01 Å². The van der Waals surface area contributed by atoms with Gasteiger partial charge in [-0.05, 0) is 42.0 Å². The largest absolute Gasteiger partial charge is 0.493 e. The first-order valence-corrected chi connectivity index (χ1v) is 7.85. The maximum absolute atomic E-state index is 5.98. The minimum absolute atomic E-state index is 0.702. The number of fused-ring (bicyclic) bond motifs is 1. The van der Waals surface area contributed by atoms with Crippen LogP contribution in [0.15, 0.2) is 36.4 Å². The number of ether oxygens (including phenoxy) is 2. The van der Waals surface area contributed by atoms with Crippen LogP contribution in [-0.2, 0) is 0 Å². The monoisotopic (exact) mass is 331 g/mol. The van der Waals surface area contributed by atoms with Gasteiger partial charge in [0.05, 0.1) is 24.4 Å². The lowest BCUT2D eigenvalue weighted by Crippen LogP contribution is -1.90. The molecule has 0 unspecified atom stereocenters. The molecule has 1 aromatic heterocycles. The zero-order valence-corrected chi connectivity index (χ0v) is 13.7. The molecule has 0 atom stereocenters. The fraction of sp³-hybridized carbons (Fsp3) is 0.118. The van der Waals surface area contributed by atoms with Crippen LogP contribution in [0.3, 0.4) is 0 Å². The van der Waals surface area contributed by atoms with E-state index >= 15 is 0 Å². The Labute approximate surface area is 137 Å². The van der Waals surface area contributed by atoms with E-state index in [0.717, 1.165) is 20.8 Å². The fourth-order valence-corrected chi connectivity index (χ4v) is 3.13. The summed E-state index contributed by atoms with van der Waals surface area (Å²) in [5.74, 6) is 1.43. The Bertz CT molecular complexity index is 842. The molecule has 0 bridgehead atoms. The standard InChI is InChI=1S/C17H14ClNO2S/c1-20-14-6-3-11(9-15(14)21-2)4-8-17-19-13-10-12(18)5-7-16(13)22-17/h3-10H,1-2H3. The predicted molar refractivity (Wildman–Crippen MR) is 93.1 cm³/mol. The second-order valence-electron chi connectivity index (χ2n) is 4.61. The van der Waals surface area contributed by atoms with Crippen LogP contribution in [-0.4, -0.2) is 19.2 Å². The summed E-state index contributed by atoms with van der Waals surface area (Å²) < 4.78 is 11.7. The first kappa shape index (κ1) is 14.9. The van der Waals surface area contributed by atoms with Crippen LogP contribution in [0.1, 0.15) is 10.6 Å². The molecule has 0 radical (unpaired) electrons. The van der Waals surface area contributed by atoms with Crippen LogP contribution in [0.25, 0.3) is 22.4 Å². The molecule has 5 heteroatoms. The van der Waals surface area contributed by atoms with Crippen molar-refractivity contribution in [3.05, 3.63) is 52.0 Å². The van der Waals surface area contributed by atoms with Crippen molar-refractivity contribution < 1.29 is 9.47 Å². The van der Waals surface area contributed by atoms with Crippen LogP contribution in [0.4, 0.5) is 0 Å². The summed E-state index contributed by atoms with van der Waals surface area (Å²) in [6.45, 7) is 0. The number of aromatic nitrogens is 1. The lowest BCUT2D eigenvalue weighted by molar-refractivity contribution is 0.355. The maximum Gasteiger partial charge on any atom is 0.161 e. The summed E-state index contributed by atoms with van der Waals surface area (Å²) in [4.78, 5) is 4.56. The third-order valence-electron chi connectivity index (χ3n) is 3.19. The molecule has 0 spiro atoms. The van der Waals surface area contributed by atoms with E-state index in [-0.39, 0.29) is 0 Å². The van der Waals surface area contributed by atoms with Gasteiger partial charge in [-0.2, -0.15) is 0 Å². The minimum atomic E-state index is 0.702. The molecule has 0 aliphatic rings. The molecule has 0 saturated heterocycles. The molecule has 3 aromatic rings. The van der Waals surface area contributed by atoms with Gasteiger partial charge in [-0.15, -0.1) is 11.3 Å². The summed E-state index contributed by atoms with van der Waals surface area (Å²) in [7, 11) is 3.25. The lowest BCUT2D eigenvalue weighted by Gasteiger charge is -2.07. The van der Waals surface area contributed by atoms with Crippen LogP contribution in [0.5, 0.6) is 11.5 Å². The zero-order chi connectivity index (χ0) is 15.5. The quantitative estimate of drug-likeness (QED) is 0.663. The van der Waals surface area contributed by atoms with Gasteiger partial charge in [0.25, 0.3) is 0 Å². The molecule has 112 valence electrons. The number of nitrogens with zero attached hydrogens (tertiary/aromatic N) is 1. The molecule has 0 fully saturated rings. The molecular weight excluding hydrogens is 318 g/mol. The van der Waals surface area contributed by atoms with E-state index < -0.39 is 0 Å². The number of halogens is 1. The van der Waals surface area contributed by atoms with Crippen molar-refractivity contribution in [3.8, 4) is 11.5 Å². The van der Waals surface area contributed by atoms with Crippen molar-refractivity contribution >= 4 is 45.3 Å². The zero-order valence-electron chi connectivity index (χ0n) is 12.2. The molecule has 0 amide bonds. The summed E-state index contributed by atoms with van der Waals surface area (Å²) >= 11 is 7.61. The Morgan fingerprint density at radius 1 is 1.00 bits per heavy atom. The van der Waals surface area contributed by atoms with Gasteiger partial charge in [0, 0.05) is 5.02 Å². The number of hydrogen-bond donors (Lipinski definition) is 0. The predicted octanol–water partition coefficient (Wildman–Crippen LogP) is 5.14. The molecule has 2 aromatic carbocycles. The molecule has 3 nitrogen and oxygen atoms in total. The van der Waals surface area contributed by atoms with E-state index in [9.17, 15) is 0 Å². The highest BCUT2D eigenvalue weighted by atomic mass is 35.5. The van der Waals surface area contributed by atoms with Gasteiger partial charge < -0.3 is 9.47 Å². The Kier molecular flexibility index (Phi) is 4.32. The smallest absolute Gasteiger partial charge is 0.161 e. The minimum Gasteiger partial charge on any atom is -0.493 e. The number of methoxy groups -OCH3 is 2. The van der Waals surface area contributed by atoms with Crippen molar-refractivity contribution in [1.82, 2.24) is 4.98 Å². The van der Waals surface area contributed by atoms with E-state index in [1.165, 1.54) is 0 Å². The van der Waals surface area contributed by atoms with Gasteiger partial charge in [0.15, 0.2) is 11.5 Å². The topological polar surface area (TPSA) is 31.4 Å². The Hall–Kier alpha value is -2.04. The first-order valence-electron chi connectivity index (χ1n) is 6.66. The highest BCUT2D eigenvalue weighted by molar-refractivity contribution is 7.19. The molecular formula is C17H14ClNO2S. The maximum atomic E-state index is 5.98. The van der Waals surface area contributed by atoms with E-state index in [4.69, 9.17) is 21.1 Å². The molecule has 0 N–H and O–H groups in total. The highest BCUT2D eigenvalue weighted by Crippen LogP contribution is 2.29. The van der Waals surface area contributed by atoms with E-state index in [0.29, 0.717) is 16.5 Å². The van der Waals surface area contributed by atoms with Crippen LogP contribution in [0, 0.1) is 0 Å². The Morgan fingerprint density at radius 2 is 1.82 bits per heavy atom. The molecule has 0 aliphatic heterocycles. The van der Waals surface area contributed by atoms with Gasteiger partial charge in [-0.1, -0.05) is 23.7 Å². The third-order valence-corrected chi connectivity index (χ3v) is 4.43. The SMILES string of the molecule is COc1ccc(C=Cc2nc3cc(Cl)ccc3s2)cc1OC. The number of thiazole rings is 1. The van der Waals surface area contributed by atoms with Crippen LogP contribution < -0.4 is 9.47 Å². The van der Waals surface area contributed by atoms with Gasteiger partial charge >= 0.3 is 0 Å². The van der Waals surface area contributed by atoms with Crippen molar-refractivity contribution in [2.45, 2.75) is 0 Å². The van der Waals surface area contributed by atoms with Crippen molar-refractivity contribution in [2.75, 3.05) is 14.2 Å². The number of hydrogen-bond acceptors (Lipinski definition) is 4. The number of rotatable bonds is 4. The summed E-state index contributed by atoms with van der Waals surface area (Å²) in [6.07, 6.45) is 3.99.